The lowest BCUT2D eigenvalue weighted by Crippen LogP contribution is -2.44. The van der Waals surface area contributed by atoms with Gasteiger partial charge in [0.15, 0.2) is 0 Å². The van der Waals surface area contributed by atoms with Crippen LogP contribution in [-0.2, 0) is 4.79 Å². The Labute approximate surface area is 118 Å². The fourth-order valence-electron chi connectivity index (χ4n) is 2.24. The third-order valence-corrected chi connectivity index (χ3v) is 3.73. The van der Waals surface area contributed by atoms with Crippen LogP contribution < -0.4 is 11.1 Å². The van der Waals surface area contributed by atoms with E-state index in [9.17, 15) is 4.79 Å². The van der Waals surface area contributed by atoms with E-state index in [0.717, 1.165) is 19.3 Å². The van der Waals surface area contributed by atoms with Gasteiger partial charge in [-0.1, -0.05) is 34.1 Å². The van der Waals surface area contributed by atoms with Crippen LogP contribution in [0.15, 0.2) is 0 Å². The molecule has 0 aliphatic carbocycles. The standard InChI is InChI=1S/C15H32N2O2/c1-5-12(8-10-16)6-7-14(19)17-13(9-11-18)15(2,3)4/h12-13,18H,5-11,16H2,1-4H3,(H,17,19). The lowest BCUT2D eigenvalue weighted by Gasteiger charge is -2.31. The molecule has 0 aliphatic rings. The number of rotatable bonds is 9. The predicted molar refractivity (Wildman–Crippen MR) is 79.8 cm³/mol. The smallest absolute Gasteiger partial charge is 0.220 e. The van der Waals surface area contributed by atoms with Gasteiger partial charge in [-0.25, -0.2) is 0 Å². The third kappa shape index (κ3) is 8.22. The Bertz CT molecular complexity index is 249. The van der Waals surface area contributed by atoms with Gasteiger partial charge in [0.25, 0.3) is 0 Å². The van der Waals surface area contributed by atoms with Crippen LogP contribution in [0.25, 0.3) is 0 Å². The Kier molecular flexibility index (Phi) is 9.02. The number of amides is 1. The van der Waals surface area contributed by atoms with E-state index in [0.29, 0.717) is 25.3 Å². The molecule has 0 aromatic rings. The highest BCUT2D eigenvalue weighted by atomic mass is 16.3. The fraction of sp³-hybridized carbons (Fsp3) is 0.933. The first-order valence-electron chi connectivity index (χ1n) is 7.45. The van der Waals surface area contributed by atoms with Gasteiger partial charge in [0.1, 0.15) is 0 Å². The Morgan fingerprint density at radius 3 is 2.32 bits per heavy atom. The second kappa shape index (κ2) is 9.32. The van der Waals surface area contributed by atoms with Crippen LogP contribution in [0.5, 0.6) is 0 Å². The zero-order chi connectivity index (χ0) is 14.9. The van der Waals surface area contributed by atoms with Crippen LogP contribution in [0.1, 0.15) is 59.8 Å². The summed E-state index contributed by atoms with van der Waals surface area (Å²) in [6.45, 7) is 9.18. The molecule has 4 nitrogen and oxygen atoms in total. The van der Waals surface area contributed by atoms with Gasteiger partial charge in [-0.15, -0.1) is 0 Å². The Morgan fingerprint density at radius 1 is 1.26 bits per heavy atom. The number of nitrogens with two attached hydrogens (primary N) is 1. The summed E-state index contributed by atoms with van der Waals surface area (Å²) in [5, 5.41) is 12.1. The maximum atomic E-state index is 12.0. The molecule has 0 heterocycles. The van der Waals surface area contributed by atoms with Crippen molar-refractivity contribution in [2.24, 2.45) is 17.1 Å². The van der Waals surface area contributed by atoms with Gasteiger partial charge in [0, 0.05) is 19.1 Å². The molecule has 0 fully saturated rings. The van der Waals surface area contributed by atoms with Crippen molar-refractivity contribution in [3.05, 3.63) is 0 Å². The number of aliphatic hydroxyl groups is 1. The van der Waals surface area contributed by atoms with Crippen molar-refractivity contribution in [1.29, 1.82) is 0 Å². The van der Waals surface area contributed by atoms with E-state index in [4.69, 9.17) is 10.8 Å². The molecule has 0 aromatic carbocycles. The Balaban J connectivity index is 4.19. The quantitative estimate of drug-likeness (QED) is 0.601. The van der Waals surface area contributed by atoms with E-state index in [-0.39, 0.29) is 24.0 Å². The zero-order valence-electron chi connectivity index (χ0n) is 13.0. The van der Waals surface area contributed by atoms with Gasteiger partial charge in [0.05, 0.1) is 0 Å². The Hall–Kier alpha value is -0.610. The largest absolute Gasteiger partial charge is 0.396 e. The average molecular weight is 272 g/mol. The third-order valence-electron chi connectivity index (χ3n) is 3.73. The number of nitrogens with one attached hydrogen (secondary N) is 1. The first-order chi connectivity index (χ1) is 8.85. The molecule has 0 aromatic heterocycles. The van der Waals surface area contributed by atoms with Crippen LogP contribution in [0.4, 0.5) is 0 Å². The van der Waals surface area contributed by atoms with Crippen molar-refractivity contribution in [2.75, 3.05) is 13.2 Å². The minimum absolute atomic E-state index is 0.0274. The summed E-state index contributed by atoms with van der Waals surface area (Å²) in [6.07, 6.45) is 4.12. The molecule has 114 valence electrons. The highest BCUT2D eigenvalue weighted by Crippen LogP contribution is 2.22. The van der Waals surface area contributed by atoms with E-state index < -0.39 is 0 Å². The van der Waals surface area contributed by atoms with Gasteiger partial charge in [-0.2, -0.15) is 0 Å². The van der Waals surface area contributed by atoms with Crippen molar-refractivity contribution in [2.45, 2.75) is 65.8 Å². The van der Waals surface area contributed by atoms with E-state index in [1.54, 1.807) is 0 Å². The average Bonchev–Trinajstić information content (AvgIpc) is 2.32. The normalized spacial score (nSPS) is 15.1. The first-order valence-corrected chi connectivity index (χ1v) is 7.45. The molecule has 2 atom stereocenters. The summed E-state index contributed by atoms with van der Waals surface area (Å²) in [4.78, 5) is 12.0. The van der Waals surface area contributed by atoms with Crippen molar-refractivity contribution in [3.8, 4) is 0 Å². The van der Waals surface area contributed by atoms with Crippen molar-refractivity contribution in [1.82, 2.24) is 5.32 Å². The van der Waals surface area contributed by atoms with Crippen molar-refractivity contribution < 1.29 is 9.90 Å². The summed E-state index contributed by atoms with van der Waals surface area (Å²) in [5.74, 6) is 0.630. The Morgan fingerprint density at radius 2 is 1.89 bits per heavy atom. The molecule has 4 N–H and O–H groups in total. The minimum atomic E-state index is -0.0280. The maximum Gasteiger partial charge on any atom is 0.220 e. The van der Waals surface area contributed by atoms with Crippen LogP contribution >= 0.6 is 0 Å². The molecule has 2 unspecified atom stereocenters. The van der Waals surface area contributed by atoms with Crippen molar-refractivity contribution >= 4 is 5.91 Å². The number of carbonyl (C=O) groups is 1. The fourth-order valence-corrected chi connectivity index (χ4v) is 2.24. The molecule has 0 saturated carbocycles. The number of hydrogen-bond acceptors (Lipinski definition) is 3. The van der Waals surface area contributed by atoms with Gasteiger partial charge >= 0.3 is 0 Å². The summed E-state index contributed by atoms with van der Waals surface area (Å²) < 4.78 is 0. The van der Waals surface area contributed by atoms with Gasteiger partial charge in [-0.05, 0) is 37.1 Å². The van der Waals surface area contributed by atoms with Crippen LogP contribution in [0.2, 0.25) is 0 Å². The van der Waals surface area contributed by atoms with Crippen LogP contribution in [-0.4, -0.2) is 30.2 Å². The van der Waals surface area contributed by atoms with E-state index in [1.807, 2.05) is 0 Å². The summed E-state index contributed by atoms with van der Waals surface area (Å²) in [6, 6.07) is 0.0274. The zero-order valence-corrected chi connectivity index (χ0v) is 13.0. The highest BCUT2D eigenvalue weighted by molar-refractivity contribution is 5.76. The van der Waals surface area contributed by atoms with Crippen LogP contribution in [0.3, 0.4) is 0 Å². The van der Waals surface area contributed by atoms with Gasteiger partial charge < -0.3 is 16.2 Å². The summed E-state index contributed by atoms with van der Waals surface area (Å²) in [5.41, 5.74) is 5.53. The molecule has 0 radical (unpaired) electrons. The van der Waals surface area contributed by atoms with Gasteiger partial charge in [-0.3, -0.25) is 4.79 Å². The molecular weight excluding hydrogens is 240 g/mol. The van der Waals surface area contributed by atoms with Crippen molar-refractivity contribution in [3.63, 3.8) is 0 Å². The lowest BCUT2D eigenvalue weighted by molar-refractivity contribution is -0.123. The van der Waals surface area contributed by atoms with E-state index >= 15 is 0 Å². The topological polar surface area (TPSA) is 75.4 Å². The molecule has 1 amide bonds. The second-order valence-corrected chi connectivity index (χ2v) is 6.39. The molecule has 0 bridgehead atoms. The minimum Gasteiger partial charge on any atom is -0.396 e. The number of hydrogen-bond donors (Lipinski definition) is 3. The number of aliphatic hydroxyl groups excluding tert-OH is 1. The second-order valence-electron chi connectivity index (χ2n) is 6.39. The molecule has 19 heavy (non-hydrogen) atoms. The first kappa shape index (κ1) is 18.4. The molecule has 0 spiro atoms. The van der Waals surface area contributed by atoms with E-state index in [2.05, 4.69) is 33.0 Å². The number of carbonyl (C=O) groups excluding carboxylic acids is 1. The highest BCUT2D eigenvalue weighted by Gasteiger charge is 2.25. The molecule has 0 rings (SSSR count). The van der Waals surface area contributed by atoms with Crippen LogP contribution in [0, 0.1) is 11.3 Å². The molecular formula is C15H32N2O2. The predicted octanol–water partition coefficient (Wildman–Crippen LogP) is 2.05. The summed E-state index contributed by atoms with van der Waals surface area (Å²) >= 11 is 0. The molecule has 4 heteroatoms. The van der Waals surface area contributed by atoms with Gasteiger partial charge in [0.2, 0.25) is 5.91 Å². The van der Waals surface area contributed by atoms with E-state index in [1.165, 1.54) is 0 Å². The monoisotopic (exact) mass is 272 g/mol. The molecule has 0 aliphatic heterocycles. The molecule has 0 saturated heterocycles. The lowest BCUT2D eigenvalue weighted by atomic mass is 9.84. The maximum absolute atomic E-state index is 12.0. The summed E-state index contributed by atoms with van der Waals surface area (Å²) in [7, 11) is 0. The SMILES string of the molecule is CCC(CCN)CCC(=O)NC(CCO)C(C)(C)C.